The van der Waals surface area contributed by atoms with E-state index in [2.05, 4.69) is 15.6 Å². The van der Waals surface area contributed by atoms with Crippen LogP contribution in [0.25, 0.3) is 0 Å². The zero-order valence-electron chi connectivity index (χ0n) is 14.9. The summed E-state index contributed by atoms with van der Waals surface area (Å²) in [4.78, 5) is 12.5. The lowest BCUT2D eigenvalue weighted by Gasteiger charge is -2.24. The molecule has 1 N–H and O–H groups in total. The molecule has 1 aliphatic rings. The molecule has 1 aromatic heterocycles. The van der Waals surface area contributed by atoms with Gasteiger partial charge in [0.05, 0.1) is 18.8 Å². The number of amides is 1. The molecule has 0 aliphatic carbocycles. The van der Waals surface area contributed by atoms with Crippen LogP contribution >= 0.6 is 0 Å². The van der Waals surface area contributed by atoms with E-state index < -0.39 is 0 Å². The second-order valence-corrected chi connectivity index (χ2v) is 6.59. The van der Waals surface area contributed by atoms with Crippen molar-refractivity contribution in [2.75, 3.05) is 0 Å². The quantitative estimate of drug-likeness (QED) is 0.771. The molecule has 0 fully saturated rings. The zero-order valence-corrected chi connectivity index (χ0v) is 14.9. The number of hydrogen-bond donors (Lipinski definition) is 1. The fourth-order valence-corrected chi connectivity index (χ4v) is 3.16. The highest BCUT2D eigenvalue weighted by Gasteiger charge is 2.27. The van der Waals surface area contributed by atoms with Crippen molar-refractivity contribution in [2.45, 2.75) is 32.7 Å². The molecule has 3 aromatic rings. The van der Waals surface area contributed by atoms with Crippen molar-refractivity contribution in [1.29, 1.82) is 0 Å². The van der Waals surface area contributed by atoms with Crippen LogP contribution in [0.15, 0.2) is 48.5 Å². The molecule has 0 unspecified atom stereocenters. The predicted octanol–water partition coefficient (Wildman–Crippen LogP) is 2.93. The third kappa shape index (κ3) is 3.73. The van der Waals surface area contributed by atoms with Crippen molar-refractivity contribution in [1.82, 2.24) is 20.3 Å². The summed E-state index contributed by atoms with van der Waals surface area (Å²) in [5.74, 6) is -0.565. The summed E-state index contributed by atoms with van der Waals surface area (Å²) in [6, 6.07) is 14.1. The van der Waals surface area contributed by atoms with Gasteiger partial charge in [0.25, 0.3) is 5.91 Å². The van der Waals surface area contributed by atoms with Crippen LogP contribution in [0.2, 0.25) is 0 Å². The van der Waals surface area contributed by atoms with Crippen molar-refractivity contribution in [3.8, 4) is 0 Å². The summed E-state index contributed by atoms with van der Waals surface area (Å²) in [5, 5.41) is 11.0. The molecule has 138 valence electrons. The first kappa shape index (κ1) is 17.4. The molecule has 4 rings (SSSR count). The van der Waals surface area contributed by atoms with Crippen LogP contribution in [0.3, 0.4) is 0 Å². The number of nitrogens with zero attached hydrogens (tertiary/aromatic N) is 3. The number of carbonyl (C=O) groups excluding carboxylic acids is 1. The minimum atomic E-state index is -0.288. The van der Waals surface area contributed by atoms with E-state index in [-0.39, 0.29) is 30.1 Å². The van der Waals surface area contributed by atoms with Gasteiger partial charge in [-0.15, -0.1) is 5.10 Å². The van der Waals surface area contributed by atoms with Crippen LogP contribution in [0.1, 0.15) is 39.0 Å². The number of nitrogens with one attached hydrogen (secondary N) is 1. The fourth-order valence-electron chi connectivity index (χ4n) is 3.16. The normalized spacial score (nSPS) is 16.0. The molecule has 6 nitrogen and oxygen atoms in total. The van der Waals surface area contributed by atoms with Gasteiger partial charge < -0.3 is 10.1 Å². The van der Waals surface area contributed by atoms with Crippen LogP contribution in [0, 0.1) is 12.7 Å². The van der Waals surface area contributed by atoms with Crippen molar-refractivity contribution in [2.24, 2.45) is 0 Å². The lowest BCUT2D eigenvalue weighted by Crippen LogP contribution is -2.27. The number of carbonyl (C=O) groups is 1. The monoisotopic (exact) mass is 366 g/mol. The van der Waals surface area contributed by atoms with Crippen molar-refractivity contribution in [3.05, 3.63) is 82.4 Å². The maximum Gasteiger partial charge on any atom is 0.274 e. The van der Waals surface area contributed by atoms with Gasteiger partial charge in [-0.05, 0) is 30.2 Å². The third-order valence-corrected chi connectivity index (χ3v) is 4.59. The Morgan fingerprint density at radius 1 is 1.30 bits per heavy atom. The van der Waals surface area contributed by atoms with Crippen molar-refractivity contribution >= 4 is 5.91 Å². The van der Waals surface area contributed by atoms with Gasteiger partial charge in [0.15, 0.2) is 5.69 Å². The largest absolute Gasteiger partial charge is 0.365 e. The Kier molecular flexibility index (Phi) is 4.68. The number of hydrogen-bond acceptors (Lipinski definition) is 4. The third-order valence-electron chi connectivity index (χ3n) is 4.59. The maximum absolute atomic E-state index is 13.1. The smallest absolute Gasteiger partial charge is 0.274 e. The van der Waals surface area contributed by atoms with Gasteiger partial charge in [0, 0.05) is 6.54 Å². The minimum absolute atomic E-state index is 0.224. The van der Waals surface area contributed by atoms with Crippen LogP contribution in [0.4, 0.5) is 4.39 Å². The molecule has 7 heteroatoms. The Bertz CT molecular complexity index is 968. The molecule has 0 bridgehead atoms. The number of fused-ring (bicyclic) bond motifs is 1. The zero-order chi connectivity index (χ0) is 18.8. The molecule has 2 aromatic carbocycles. The topological polar surface area (TPSA) is 69.0 Å². The van der Waals surface area contributed by atoms with Crippen molar-refractivity contribution in [3.63, 3.8) is 0 Å². The lowest BCUT2D eigenvalue weighted by molar-refractivity contribution is -0.00180. The van der Waals surface area contributed by atoms with E-state index in [9.17, 15) is 9.18 Å². The average molecular weight is 366 g/mol. The van der Waals surface area contributed by atoms with E-state index in [1.54, 1.807) is 16.8 Å². The van der Waals surface area contributed by atoms with E-state index >= 15 is 0 Å². The molecule has 0 spiro atoms. The summed E-state index contributed by atoms with van der Waals surface area (Å²) in [6.07, 6.45) is -0.247. The van der Waals surface area contributed by atoms with E-state index in [0.717, 1.165) is 16.7 Å². The van der Waals surface area contributed by atoms with Crippen LogP contribution in [-0.4, -0.2) is 20.9 Å². The highest BCUT2D eigenvalue weighted by Crippen LogP contribution is 2.27. The number of aromatic nitrogens is 3. The Balaban J connectivity index is 1.44. The number of ether oxygens (including phenoxy) is 1. The molecule has 1 atom stereocenters. The van der Waals surface area contributed by atoms with Gasteiger partial charge in [-0.1, -0.05) is 47.2 Å². The van der Waals surface area contributed by atoms with Gasteiger partial charge in [-0.25, -0.2) is 9.07 Å². The highest BCUT2D eigenvalue weighted by molar-refractivity contribution is 5.93. The Labute approximate surface area is 156 Å². The fraction of sp³-hybridized carbons (Fsp3) is 0.250. The second kappa shape index (κ2) is 7.28. The van der Waals surface area contributed by atoms with E-state index in [0.29, 0.717) is 18.8 Å². The maximum atomic E-state index is 13.1. The number of aryl methyl sites for hydroxylation is 1. The Hall–Kier alpha value is -3.06. The van der Waals surface area contributed by atoms with Gasteiger partial charge in [0.1, 0.15) is 11.9 Å². The molecular formula is C20H19FN4O2. The van der Waals surface area contributed by atoms with Crippen LogP contribution in [0.5, 0.6) is 0 Å². The molecule has 27 heavy (non-hydrogen) atoms. The molecule has 0 saturated carbocycles. The van der Waals surface area contributed by atoms with Crippen LogP contribution in [-0.2, 0) is 24.4 Å². The van der Waals surface area contributed by atoms with E-state index in [4.69, 9.17) is 4.74 Å². The van der Waals surface area contributed by atoms with Gasteiger partial charge in [0.2, 0.25) is 0 Å². The molecule has 1 amide bonds. The van der Waals surface area contributed by atoms with Gasteiger partial charge >= 0.3 is 0 Å². The van der Waals surface area contributed by atoms with Gasteiger partial charge in [-0.3, -0.25) is 4.79 Å². The summed E-state index contributed by atoms with van der Waals surface area (Å²) < 4.78 is 20.6. The first-order valence-electron chi connectivity index (χ1n) is 8.73. The highest BCUT2D eigenvalue weighted by atomic mass is 19.1. The van der Waals surface area contributed by atoms with Crippen molar-refractivity contribution < 1.29 is 13.9 Å². The first-order valence-corrected chi connectivity index (χ1v) is 8.73. The number of rotatable bonds is 4. The lowest BCUT2D eigenvalue weighted by atomic mass is 10.1. The Morgan fingerprint density at radius 2 is 2.11 bits per heavy atom. The number of halogens is 1. The summed E-state index contributed by atoms with van der Waals surface area (Å²) in [6.45, 7) is 3.09. The van der Waals surface area contributed by atoms with E-state index in [1.807, 2.05) is 31.2 Å². The first-order chi connectivity index (χ1) is 13.1. The predicted molar refractivity (Wildman–Crippen MR) is 96.3 cm³/mol. The van der Waals surface area contributed by atoms with Gasteiger partial charge in [-0.2, -0.15) is 0 Å². The summed E-state index contributed by atoms with van der Waals surface area (Å²) >= 11 is 0. The minimum Gasteiger partial charge on any atom is -0.365 e. The molecule has 1 aliphatic heterocycles. The molecular weight excluding hydrogens is 347 g/mol. The average Bonchev–Trinajstić information content (AvgIpc) is 3.10. The molecule has 2 heterocycles. The van der Waals surface area contributed by atoms with Crippen LogP contribution < -0.4 is 5.32 Å². The summed E-state index contributed by atoms with van der Waals surface area (Å²) in [7, 11) is 0. The Morgan fingerprint density at radius 3 is 2.89 bits per heavy atom. The second-order valence-electron chi connectivity index (χ2n) is 6.59. The SMILES string of the molecule is Cc1cccc(CNC(=O)c2nnn3c2CO[C@H](c2ccc(F)cc2)C3)c1. The standard InChI is InChI=1S/C20H19FN4O2/c1-13-3-2-4-14(9-13)10-22-20(26)19-17-12-27-18(11-25(17)24-23-19)15-5-7-16(21)8-6-15/h2-9,18H,10-12H2,1H3,(H,22,26)/t18-/m0/s1. The molecule has 0 radical (unpaired) electrons. The number of benzene rings is 2. The molecule has 0 saturated heterocycles. The van der Waals surface area contributed by atoms with E-state index in [1.165, 1.54) is 12.1 Å². The summed E-state index contributed by atoms with van der Waals surface area (Å²) in [5.41, 5.74) is 3.96.